The molecule has 0 amide bonds. The van der Waals surface area contributed by atoms with E-state index in [1.165, 1.54) is 6.39 Å². The lowest BCUT2D eigenvalue weighted by Crippen LogP contribution is -2.42. The van der Waals surface area contributed by atoms with Crippen LogP contribution < -0.4 is 4.74 Å². The van der Waals surface area contributed by atoms with E-state index in [0.717, 1.165) is 48.1 Å². The zero-order valence-corrected chi connectivity index (χ0v) is 18.3. The second kappa shape index (κ2) is 10.6. The fourth-order valence-electron chi connectivity index (χ4n) is 4.49. The van der Waals surface area contributed by atoms with Crippen LogP contribution >= 0.6 is 0 Å². The summed E-state index contributed by atoms with van der Waals surface area (Å²) in [7, 11) is 1.63. The number of fused-ring (bicyclic) bond motifs is 1. The van der Waals surface area contributed by atoms with Crippen molar-refractivity contribution in [2.45, 2.75) is 25.4 Å². The molecule has 7 heteroatoms. The summed E-state index contributed by atoms with van der Waals surface area (Å²) < 4.78 is 10.5. The highest BCUT2D eigenvalue weighted by Crippen LogP contribution is 2.33. The first-order valence-corrected chi connectivity index (χ1v) is 11.0. The molecule has 0 bridgehead atoms. The number of nitrogens with zero attached hydrogens (tertiary/aromatic N) is 3. The first-order chi connectivity index (χ1) is 15.7. The number of rotatable bonds is 7. The number of aromatic nitrogens is 2. The van der Waals surface area contributed by atoms with Crippen molar-refractivity contribution in [3.8, 4) is 17.6 Å². The molecule has 2 aromatic heterocycles. The predicted octanol–water partition coefficient (Wildman–Crippen LogP) is 3.03. The highest BCUT2D eigenvalue weighted by molar-refractivity contribution is 5.83. The number of likely N-dealkylation sites (tertiary alicyclic amines) is 1. The third-order valence-corrected chi connectivity index (χ3v) is 6.31. The lowest BCUT2D eigenvalue weighted by molar-refractivity contribution is 0.0640. The largest absolute Gasteiger partial charge is 0.497 e. The molecule has 32 heavy (non-hydrogen) atoms. The van der Waals surface area contributed by atoms with Gasteiger partial charge in [-0.05, 0) is 73.4 Å². The van der Waals surface area contributed by atoms with Crippen molar-refractivity contribution in [2.75, 3.05) is 33.4 Å². The Morgan fingerprint density at radius 3 is 3.00 bits per heavy atom. The van der Waals surface area contributed by atoms with Crippen molar-refractivity contribution in [1.29, 1.82) is 0 Å². The second-order valence-electron chi connectivity index (χ2n) is 8.27. The van der Waals surface area contributed by atoms with Crippen LogP contribution in [0.4, 0.5) is 0 Å². The summed E-state index contributed by atoms with van der Waals surface area (Å²) in [6.45, 7) is 2.51. The Morgan fingerprint density at radius 1 is 1.31 bits per heavy atom. The number of hydrogen-bond donors (Lipinski definition) is 2. The molecule has 0 aliphatic carbocycles. The zero-order chi connectivity index (χ0) is 22.3. The van der Waals surface area contributed by atoms with Crippen LogP contribution in [0.3, 0.4) is 0 Å². The van der Waals surface area contributed by atoms with Gasteiger partial charge in [-0.1, -0.05) is 5.92 Å². The van der Waals surface area contributed by atoms with E-state index >= 15 is 0 Å². The van der Waals surface area contributed by atoms with Gasteiger partial charge in [0.2, 0.25) is 0 Å². The van der Waals surface area contributed by atoms with Gasteiger partial charge in [-0.25, -0.2) is 4.98 Å². The van der Waals surface area contributed by atoms with Gasteiger partial charge in [0.25, 0.3) is 0 Å². The molecule has 4 rings (SSSR count). The molecule has 1 unspecified atom stereocenters. The smallest absolute Gasteiger partial charge is 0.197 e. The van der Waals surface area contributed by atoms with Gasteiger partial charge in [-0.2, -0.15) is 0 Å². The van der Waals surface area contributed by atoms with Gasteiger partial charge in [-0.3, -0.25) is 9.88 Å². The van der Waals surface area contributed by atoms with Crippen LogP contribution in [0, 0.1) is 23.7 Å². The standard InChI is InChI=1S/C25H29N3O4/c1-31-20-5-6-24-23(13-20)22(8-10-27-24)25(30)7-4-18-9-12-28(15-19(18)16-29)11-2-3-21-14-26-17-32-21/h5-6,8,10,13-14,17-19,25,29-30H,4,7,9,11-12,15-16H2,1H3/t18-,19-,25?/m1/s1. The fraction of sp³-hybridized carbons (Fsp3) is 0.440. The molecule has 2 N–H and O–H groups in total. The summed E-state index contributed by atoms with van der Waals surface area (Å²) in [5.41, 5.74) is 1.71. The first kappa shape index (κ1) is 22.3. The van der Waals surface area contributed by atoms with Crippen molar-refractivity contribution in [3.63, 3.8) is 0 Å². The molecular formula is C25H29N3O4. The minimum Gasteiger partial charge on any atom is -0.497 e. The van der Waals surface area contributed by atoms with E-state index in [0.29, 0.717) is 24.6 Å². The van der Waals surface area contributed by atoms with Crippen molar-refractivity contribution >= 4 is 10.9 Å². The Bertz CT molecular complexity index is 1070. The Morgan fingerprint density at radius 2 is 2.22 bits per heavy atom. The molecule has 1 aliphatic rings. The molecule has 3 aromatic rings. The fourth-order valence-corrected chi connectivity index (χ4v) is 4.49. The maximum atomic E-state index is 11.0. The Hall–Kier alpha value is -2.92. The lowest BCUT2D eigenvalue weighted by atomic mass is 9.81. The van der Waals surface area contributed by atoms with E-state index in [2.05, 4.69) is 26.7 Å². The maximum Gasteiger partial charge on any atom is 0.197 e. The summed E-state index contributed by atoms with van der Waals surface area (Å²) in [4.78, 5) is 10.5. The lowest BCUT2D eigenvalue weighted by Gasteiger charge is -2.37. The molecule has 7 nitrogen and oxygen atoms in total. The van der Waals surface area contributed by atoms with Crippen molar-refractivity contribution in [1.82, 2.24) is 14.9 Å². The summed E-state index contributed by atoms with van der Waals surface area (Å²) >= 11 is 0. The number of ether oxygens (including phenoxy) is 1. The third-order valence-electron chi connectivity index (χ3n) is 6.31. The summed E-state index contributed by atoms with van der Waals surface area (Å²) in [5, 5.41) is 21.8. The van der Waals surface area contributed by atoms with Crippen LogP contribution in [0.15, 0.2) is 47.5 Å². The molecule has 0 spiro atoms. The summed E-state index contributed by atoms with van der Waals surface area (Å²) in [6, 6.07) is 7.59. The van der Waals surface area contributed by atoms with Crippen molar-refractivity contribution < 1.29 is 19.4 Å². The molecule has 3 heterocycles. The number of pyridine rings is 1. The average Bonchev–Trinajstić information content (AvgIpc) is 3.35. The van der Waals surface area contributed by atoms with Gasteiger partial charge in [0.05, 0.1) is 31.5 Å². The second-order valence-corrected chi connectivity index (χ2v) is 8.27. The van der Waals surface area contributed by atoms with Gasteiger partial charge in [0, 0.05) is 24.7 Å². The zero-order valence-electron chi connectivity index (χ0n) is 18.3. The van der Waals surface area contributed by atoms with Gasteiger partial charge in [0.1, 0.15) is 5.75 Å². The van der Waals surface area contributed by atoms with E-state index < -0.39 is 6.10 Å². The number of piperidine rings is 1. The van der Waals surface area contributed by atoms with Gasteiger partial charge >= 0.3 is 0 Å². The Balaban J connectivity index is 1.35. The SMILES string of the molecule is COc1ccc2nccc(C(O)CC[C@@H]3CCN(CC#Cc4cnco4)C[C@@H]3CO)c2c1. The molecule has 1 aliphatic heterocycles. The van der Waals surface area contributed by atoms with Crippen LogP contribution in [0.1, 0.15) is 36.7 Å². The molecule has 3 atom stereocenters. The molecule has 1 saturated heterocycles. The van der Waals surface area contributed by atoms with Crippen LogP contribution in [0.2, 0.25) is 0 Å². The van der Waals surface area contributed by atoms with E-state index in [-0.39, 0.29) is 12.5 Å². The molecule has 0 saturated carbocycles. The third kappa shape index (κ3) is 5.28. The number of oxazole rings is 1. The van der Waals surface area contributed by atoms with E-state index in [4.69, 9.17) is 9.15 Å². The molecule has 1 aromatic carbocycles. The highest BCUT2D eigenvalue weighted by Gasteiger charge is 2.29. The number of hydrogen-bond acceptors (Lipinski definition) is 7. The van der Waals surface area contributed by atoms with Crippen LogP contribution in [-0.2, 0) is 0 Å². The molecule has 168 valence electrons. The van der Waals surface area contributed by atoms with Crippen molar-refractivity contribution in [3.05, 3.63) is 54.4 Å². The first-order valence-electron chi connectivity index (χ1n) is 11.0. The number of aliphatic hydroxyl groups is 2. The maximum absolute atomic E-state index is 11.0. The van der Waals surface area contributed by atoms with Gasteiger partial charge in [-0.15, -0.1) is 0 Å². The summed E-state index contributed by atoms with van der Waals surface area (Å²) in [6.07, 6.45) is 6.60. The van der Waals surface area contributed by atoms with Gasteiger partial charge in [0.15, 0.2) is 12.2 Å². The normalized spacial score (nSPS) is 20.0. The number of aliphatic hydroxyl groups excluding tert-OH is 2. The Labute approximate surface area is 188 Å². The van der Waals surface area contributed by atoms with Crippen LogP contribution in [0.5, 0.6) is 5.75 Å². The predicted molar refractivity (Wildman–Crippen MR) is 121 cm³/mol. The monoisotopic (exact) mass is 435 g/mol. The number of benzene rings is 1. The van der Waals surface area contributed by atoms with E-state index in [1.54, 1.807) is 19.5 Å². The summed E-state index contributed by atoms with van der Waals surface area (Å²) in [5.74, 6) is 7.95. The molecule has 0 radical (unpaired) electrons. The average molecular weight is 436 g/mol. The number of methoxy groups -OCH3 is 1. The van der Waals surface area contributed by atoms with E-state index in [1.807, 2.05) is 24.3 Å². The van der Waals surface area contributed by atoms with Crippen molar-refractivity contribution in [2.24, 2.45) is 11.8 Å². The molecular weight excluding hydrogens is 406 g/mol. The molecule has 1 fully saturated rings. The van der Waals surface area contributed by atoms with E-state index in [9.17, 15) is 10.2 Å². The van der Waals surface area contributed by atoms with Gasteiger partial charge < -0.3 is 19.4 Å². The minimum atomic E-state index is -0.585. The Kier molecular flexibility index (Phi) is 7.38. The quantitative estimate of drug-likeness (QED) is 0.551. The minimum absolute atomic E-state index is 0.141. The van der Waals surface area contributed by atoms with Crippen LogP contribution in [0.25, 0.3) is 10.9 Å². The highest BCUT2D eigenvalue weighted by atomic mass is 16.5. The topological polar surface area (TPSA) is 91.9 Å². The van der Waals surface area contributed by atoms with Crippen LogP contribution in [-0.4, -0.2) is 58.4 Å².